The van der Waals surface area contributed by atoms with Gasteiger partial charge in [0.1, 0.15) is 0 Å². The van der Waals surface area contributed by atoms with Crippen LogP contribution >= 0.6 is 0 Å². The predicted molar refractivity (Wildman–Crippen MR) is 103 cm³/mol. The molecule has 24 heavy (non-hydrogen) atoms. The van der Waals surface area contributed by atoms with Crippen molar-refractivity contribution in [2.24, 2.45) is 0 Å². The molecular weight excluding hydrogens is 294 g/mol. The largest absolute Gasteiger partial charge is 0.313 e. The number of benzene rings is 1. The number of hydrogen-bond donors (Lipinski definition) is 1. The van der Waals surface area contributed by atoms with Crippen LogP contribution < -0.4 is 5.32 Å². The lowest BCUT2D eigenvalue weighted by molar-refractivity contribution is 0.145. The summed E-state index contributed by atoms with van der Waals surface area (Å²) in [5.41, 5.74) is 1.85. The number of hydrogen-bond acceptors (Lipinski definition) is 3. The molecule has 3 heteroatoms. The van der Waals surface area contributed by atoms with Gasteiger partial charge >= 0.3 is 0 Å². The molecule has 1 aromatic rings. The molecule has 134 valence electrons. The number of nitrogens with zero attached hydrogens (tertiary/aromatic N) is 2. The average molecular weight is 330 g/mol. The van der Waals surface area contributed by atoms with Crippen molar-refractivity contribution in [3.05, 3.63) is 35.9 Å². The van der Waals surface area contributed by atoms with Gasteiger partial charge in [0, 0.05) is 24.0 Å². The van der Waals surface area contributed by atoms with Gasteiger partial charge in [0.05, 0.1) is 0 Å². The fourth-order valence-corrected chi connectivity index (χ4v) is 4.37. The van der Waals surface area contributed by atoms with E-state index in [1.165, 1.54) is 57.4 Å². The van der Waals surface area contributed by atoms with E-state index in [1.54, 1.807) is 0 Å². The molecule has 2 aliphatic heterocycles. The van der Waals surface area contributed by atoms with Gasteiger partial charge in [0.25, 0.3) is 0 Å². The zero-order valence-electron chi connectivity index (χ0n) is 15.8. The normalized spacial score (nSPS) is 23.7. The zero-order chi connectivity index (χ0) is 17.0. The standard InChI is InChI=1S/C21H35N3/c1-18(2)24-13-9-20(10-14-24)22-17-21(11-15-23(3)16-12-21)19-7-5-4-6-8-19/h4-8,18,20,22H,9-17H2,1-3H3. The van der Waals surface area contributed by atoms with Crippen LogP contribution in [0.15, 0.2) is 30.3 Å². The van der Waals surface area contributed by atoms with Gasteiger partial charge in [-0.1, -0.05) is 30.3 Å². The van der Waals surface area contributed by atoms with Crippen molar-refractivity contribution in [1.82, 2.24) is 15.1 Å². The highest BCUT2D eigenvalue weighted by molar-refractivity contribution is 5.27. The molecule has 0 radical (unpaired) electrons. The number of likely N-dealkylation sites (tertiary alicyclic amines) is 2. The smallest absolute Gasteiger partial charge is 0.0102 e. The Morgan fingerprint density at radius 1 is 1.04 bits per heavy atom. The van der Waals surface area contributed by atoms with Crippen molar-refractivity contribution >= 4 is 0 Å². The van der Waals surface area contributed by atoms with Crippen LogP contribution in [0, 0.1) is 0 Å². The first-order valence-corrected chi connectivity index (χ1v) is 9.81. The van der Waals surface area contributed by atoms with E-state index >= 15 is 0 Å². The molecule has 0 aromatic heterocycles. The molecule has 1 aromatic carbocycles. The Kier molecular flexibility index (Phi) is 5.96. The fraction of sp³-hybridized carbons (Fsp3) is 0.714. The van der Waals surface area contributed by atoms with Crippen molar-refractivity contribution in [3.63, 3.8) is 0 Å². The van der Waals surface area contributed by atoms with Gasteiger partial charge in [-0.05, 0) is 78.3 Å². The van der Waals surface area contributed by atoms with Crippen molar-refractivity contribution in [2.75, 3.05) is 39.8 Å². The van der Waals surface area contributed by atoms with Crippen LogP contribution in [0.1, 0.15) is 45.1 Å². The van der Waals surface area contributed by atoms with Gasteiger partial charge in [-0.3, -0.25) is 0 Å². The third-order valence-electron chi connectivity index (χ3n) is 6.32. The second-order valence-corrected chi connectivity index (χ2v) is 8.23. The fourth-order valence-electron chi connectivity index (χ4n) is 4.37. The minimum Gasteiger partial charge on any atom is -0.313 e. The molecule has 0 bridgehead atoms. The van der Waals surface area contributed by atoms with Crippen LogP contribution in [0.2, 0.25) is 0 Å². The van der Waals surface area contributed by atoms with E-state index in [2.05, 4.69) is 66.3 Å². The van der Waals surface area contributed by atoms with Crippen molar-refractivity contribution in [3.8, 4) is 0 Å². The van der Waals surface area contributed by atoms with Gasteiger partial charge in [0.15, 0.2) is 0 Å². The SMILES string of the molecule is CC(C)N1CCC(NCC2(c3ccccc3)CCN(C)CC2)CC1. The topological polar surface area (TPSA) is 18.5 Å². The first kappa shape index (κ1) is 17.9. The van der Waals surface area contributed by atoms with Gasteiger partial charge in [0.2, 0.25) is 0 Å². The molecule has 1 N–H and O–H groups in total. The average Bonchev–Trinajstić information content (AvgIpc) is 2.63. The van der Waals surface area contributed by atoms with Gasteiger partial charge in [-0.15, -0.1) is 0 Å². The van der Waals surface area contributed by atoms with E-state index in [9.17, 15) is 0 Å². The lowest BCUT2D eigenvalue weighted by Gasteiger charge is -2.43. The van der Waals surface area contributed by atoms with Gasteiger partial charge < -0.3 is 15.1 Å². The minimum atomic E-state index is 0.322. The molecule has 0 amide bonds. The van der Waals surface area contributed by atoms with E-state index in [-0.39, 0.29) is 0 Å². The maximum absolute atomic E-state index is 3.96. The molecule has 2 saturated heterocycles. The summed E-state index contributed by atoms with van der Waals surface area (Å²) in [6.45, 7) is 10.7. The molecule has 3 rings (SSSR count). The maximum atomic E-state index is 3.96. The highest BCUT2D eigenvalue weighted by Gasteiger charge is 2.36. The summed E-state index contributed by atoms with van der Waals surface area (Å²) in [4.78, 5) is 5.09. The van der Waals surface area contributed by atoms with Gasteiger partial charge in [-0.25, -0.2) is 0 Å². The first-order valence-electron chi connectivity index (χ1n) is 9.81. The van der Waals surface area contributed by atoms with Crippen LogP contribution in [0.25, 0.3) is 0 Å². The van der Waals surface area contributed by atoms with Gasteiger partial charge in [-0.2, -0.15) is 0 Å². The Labute approximate surface area is 148 Å². The third kappa shape index (κ3) is 4.19. The van der Waals surface area contributed by atoms with E-state index in [0.29, 0.717) is 17.5 Å². The molecule has 0 atom stereocenters. The van der Waals surface area contributed by atoms with E-state index in [0.717, 1.165) is 6.54 Å². The van der Waals surface area contributed by atoms with Crippen LogP contribution in [0.5, 0.6) is 0 Å². The highest BCUT2D eigenvalue weighted by Crippen LogP contribution is 2.35. The van der Waals surface area contributed by atoms with Crippen LogP contribution in [0.3, 0.4) is 0 Å². The second kappa shape index (κ2) is 7.99. The summed E-state index contributed by atoms with van der Waals surface area (Å²) < 4.78 is 0. The predicted octanol–water partition coefficient (Wildman–Crippen LogP) is 3.11. The lowest BCUT2D eigenvalue weighted by atomic mass is 9.72. The molecule has 0 aliphatic carbocycles. The quantitative estimate of drug-likeness (QED) is 0.895. The Morgan fingerprint density at radius 3 is 2.25 bits per heavy atom. The van der Waals surface area contributed by atoms with Crippen molar-refractivity contribution in [1.29, 1.82) is 0 Å². The molecule has 3 nitrogen and oxygen atoms in total. The van der Waals surface area contributed by atoms with E-state index in [1.807, 2.05) is 0 Å². The molecule has 2 fully saturated rings. The van der Waals surface area contributed by atoms with Crippen molar-refractivity contribution in [2.45, 2.75) is 57.0 Å². The summed E-state index contributed by atoms with van der Waals surface area (Å²) in [5, 5.41) is 3.96. The van der Waals surface area contributed by atoms with Crippen molar-refractivity contribution < 1.29 is 0 Å². The molecule has 2 aliphatic rings. The molecular formula is C21H35N3. The first-order chi connectivity index (χ1) is 11.6. The Bertz CT molecular complexity index is 483. The van der Waals surface area contributed by atoms with Crippen LogP contribution in [0.4, 0.5) is 0 Å². The van der Waals surface area contributed by atoms with Crippen LogP contribution in [-0.4, -0.2) is 61.7 Å². The lowest BCUT2D eigenvalue weighted by Crippen LogP contribution is -2.51. The number of nitrogens with one attached hydrogen (secondary N) is 1. The number of rotatable bonds is 5. The molecule has 0 spiro atoms. The van der Waals surface area contributed by atoms with Crippen LogP contribution in [-0.2, 0) is 5.41 Å². The van der Waals surface area contributed by atoms with E-state index < -0.39 is 0 Å². The Morgan fingerprint density at radius 2 is 1.67 bits per heavy atom. The summed E-state index contributed by atoms with van der Waals surface area (Å²) >= 11 is 0. The molecule has 0 saturated carbocycles. The summed E-state index contributed by atoms with van der Waals surface area (Å²) in [6.07, 6.45) is 5.13. The summed E-state index contributed by atoms with van der Waals surface area (Å²) in [5.74, 6) is 0. The highest BCUT2D eigenvalue weighted by atomic mass is 15.2. The van der Waals surface area contributed by atoms with E-state index in [4.69, 9.17) is 0 Å². The minimum absolute atomic E-state index is 0.322. The number of piperidine rings is 2. The maximum Gasteiger partial charge on any atom is 0.0102 e. The molecule has 0 unspecified atom stereocenters. The third-order valence-corrected chi connectivity index (χ3v) is 6.32. The Hall–Kier alpha value is -0.900. The summed E-state index contributed by atoms with van der Waals surface area (Å²) in [7, 11) is 2.25. The zero-order valence-corrected chi connectivity index (χ0v) is 15.8. The summed E-state index contributed by atoms with van der Waals surface area (Å²) in [6, 6.07) is 12.6. The monoisotopic (exact) mass is 329 g/mol. The Balaban J connectivity index is 1.61. The molecule has 2 heterocycles. The second-order valence-electron chi connectivity index (χ2n) is 8.23.